The summed E-state index contributed by atoms with van der Waals surface area (Å²) in [6.07, 6.45) is 15.7. The van der Waals surface area contributed by atoms with Crippen LogP contribution in [0.3, 0.4) is 0 Å². The maximum absolute atomic E-state index is 7.66. The molecule has 2 aliphatic carbocycles. The van der Waals surface area contributed by atoms with Gasteiger partial charge < -0.3 is 8.85 Å². The van der Waals surface area contributed by atoms with Crippen molar-refractivity contribution < 1.29 is 8.85 Å². The van der Waals surface area contributed by atoms with Crippen molar-refractivity contribution in [3.63, 3.8) is 0 Å². The Morgan fingerprint density at radius 3 is 2.27 bits per heavy atom. The van der Waals surface area contributed by atoms with E-state index in [1.165, 1.54) is 37.7 Å². The minimum atomic E-state index is -2.60. The predicted molar refractivity (Wildman–Crippen MR) is 131 cm³/mol. The molecule has 0 bridgehead atoms. The lowest BCUT2D eigenvalue weighted by molar-refractivity contribution is -0.0706. The zero-order chi connectivity index (χ0) is 22.6. The van der Waals surface area contributed by atoms with E-state index in [0.29, 0.717) is 0 Å². The van der Waals surface area contributed by atoms with Crippen LogP contribution in [0.4, 0.5) is 0 Å². The van der Waals surface area contributed by atoms with E-state index < -0.39 is 8.56 Å². The third-order valence-corrected chi connectivity index (χ3v) is 13.5. The van der Waals surface area contributed by atoms with Gasteiger partial charge in [0.2, 0.25) is 0 Å². The van der Waals surface area contributed by atoms with E-state index in [1.807, 2.05) is 0 Å². The summed E-state index contributed by atoms with van der Waals surface area (Å²) < 4.78 is 15.2. The Bertz CT molecular complexity index is 691. The molecule has 30 heavy (non-hydrogen) atoms. The lowest BCUT2D eigenvalue weighted by atomic mass is 9.59. The molecule has 3 heteroatoms. The van der Waals surface area contributed by atoms with Gasteiger partial charge in [-0.1, -0.05) is 100 Å². The van der Waals surface area contributed by atoms with Gasteiger partial charge >= 0.3 is 8.56 Å². The second-order valence-electron chi connectivity index (χ2n) is 13.2. The van der Waals surface area contributed by atoms with Crippen LogP contribution in [0.2, 0.25) is 10.1 Å². The highest BCUT2D eigenvalue weighted by atomic mass is 28.4. The number of fused-ring (bicyclic) bond motifs is 3. The molecule has 0 unspecified atom stereocenters. The van der Waals surface area contributed by atoms with Crippen LogP contribution in [0.5, 0.6) is 0 Å². The fourth-order valence-electron chi connectivity index (χ4n) is 6.62. The fourth-order valence-corrected chi connectivity index (χ4v) is 11.9. The van der Waals surface area contributed by atoms with E-state index in [0.717, 1.165) is 12.8 Å². The molecule has 3 atom stereocenters. The Morgan fingerprint density at radius 1 is 1.07 bits per heavy atom. The smallest absolute Gasteiger partial charge is 0.350 e. The first-order valence-electron chi connectivity index (χ1n) is 12.4. The third-order valence-electron chi connectivity index (χ3n) is 8.38. The van der Waals surface area contributed by atoms with Gasteiger partial charge in [-0.2, -0.15) is 0 Å². The summed E-state index contributed by atoms with van der Waals surface area (Å²) in [5.41, 5.74) is 1.37. The molecule has 2 nitrogen and oxygen atoms in total. The second kappa shape index (κ2) is 7.59. The summed E-state index contributed by atoms with van der Waals surface area (Å²) in [6, 6.07) is 0. The highest BCUT2D eigenvalue weighted by molar-refractivity contribution is 6.74. The van der Waals surface area contributed by atoms with Crippen LogP contribution in [0.1, 0.15) is 114 Å². The van der Waals surface area contributed by atoms with Gasteiger partial charge in [0.25, 0.3) is 0 Å². The van der Waals surface area contributed by atoms with E-state index in [1.54, 1.807) is 0 Å². The lowest BCUT2D eigenvalue weighted by Crippen LogP contribution is -2.58. The number of rotatable bonds is 3. The molecule has 1 saturated heterocycles. The van der Waals surface area contributed by atoms with Gasteiger partial charge in [-0.3, -0.25) is 0 Å². The van der Waals surface area contributed by atoms with Gasteiger partial charge in [-0.15, -0.1) is 0 Å². The molecular formula is C27H48O2Si. The van der Waals surface area contributed by atoms with Crippen molar-refractivity contribution >= 4 is 8.56 Å². The van der Waals surface area contributed by atoms with Crippen LogP contribution in [0.15, 0.2) is 23.8 Å². The normalized spacial score (nSPS) is 36.9. The average Bonchev–Trinajstić information content (AvgIpc) is 2.97. The van der Waals surface area contributed by atoms with Gasteiger partial charge in [0, 0.05) is 15.5 Å². The predicted octanol–water partition coefficient (Wildman–Crippen LogP) is 8.48. The Morgan fingerprint density at radius 2 is 1.70 bits per heavy atom. The Hall–Kier alpha value is -0.383. The molecule has 0 radical (unpaired) electrons. The van der Waals surface area contributed by atoms with Crippen LogP contribution < -0.4 is 0 Å². The lowest BCUT2D eigenvalue weighted by Gasteiger charge is -2.52. The molecule has 0 saturated carbocycles. The summed E-state index contributed by atoms with van der Waals surface area (Å²) >= 11 is 0. The van der Waals surface area contributed by atoms with E-state index in [4.69, 9.17) is 8.85 Å². The van der Waals surface area contributed by atoms with E-state index in [2.05, 4.69) is 87.5 Å². The van der Waals surface area contributed by atoms with Crippen LogP contribution in [0.25, 0.3) is 0 Å². The SMILES string of the molecule is CCCC[C@]12O[Si](C(C)(C)C)(C(C)(C)C)O[C@@H]1C1=CCCC[C@]1(C)/C=C\CC2(C)C. The average molecular weight is 433 g/mol. The molecule has 0 aromatic rings. The molecule has 3 aliphatic rings. The summed E-state index contributed by atoms with van der Waals surface area (Å²) in [4.78, 5) is 0. The molecule has 0 N–H and O–H groups in total. The number of unbranched alkanes of at least 4 members (excludes halogenated alkanes) is 1. The molecule has 0 spiro atoms. The largest absolute Gasteiger partial charge is 0.384 e. The quantitative estimate of drug-likeness (QED) is 0.329. The van der Waals surface area contributed by atoms with Crippen LogP contribution in [0, 0.1) is 10.8 Å². The highest BCUT2D eigenvalue weighted by Gasteiger charge is 2.72. The third kappa shape index (κ3) is 3.51. The molecule has 1 aliphatic heterocycles. The summed E-state index contributed by atoms with van der Waals surface area (Å²) in [5.74, 6) is 0. The number of allylic oxidation sites excluding steroid dienone is 3. The molecule has 172 valence electrons. The maximum atomic E-state index is 7.66. The second-order valence-corrected chi connectivity index (χ2v) is 17.8. The Kier molecular flexibility index (Phi) is 6.14. The van der Waals surface area contributed by atoms with Crippen molar-refractivity contribution in [2.75, 3.05) is 0 Å². The molecule has 1 fully saturated rings. The number of hydrogen-bond acceptors (Lipinski definition) is 2. The minimum absolute atomic E-state index is 0.000651. The van der Waals surface area contributed by atoms with Gasteiger partial charge in [-0.25, -0.2) is 0 Å². The Balaban J connectivity index is 2.30. The highest BCUT2D eigenvalue weighted by Crippen LogP contribution is 2.65. The molecule has 1 heterocycles. The zero-order valence-corrected chi connectivity index (χ0v) is 22.6. The molecule has 3 rings (SSSR count). The first kappa shape index (κ1) is 24.3. The minimum Gasteiger partial charge on any atom is -0.384 e. The summed E-state index contributed by atoms with van der Waals surface area (Å²) in [5, 5.41) is 0.00130. The number of hydrogen-bond donors (Lipinski definition) is 0. The molecule has 0 amide bonds. The maximum Gasteiger partial charge on any atom is 0.350 e. The van der Waals surface area contributed by atoms with Gasteiger partial charge in [-0.05, 0) is 43.1 Å². The molecular weight excluding hydrogens is 384 g/mol. The monoisotopic (exact) mass is 432 g/mol. The van der Waals surface area contributed by atoms with Gasteiger partial charge in [0.1, 0.15) is 0 Å². The molecule has 0 aromatic heterocycles. The van der Waals surface area contributed by atoms with Crippen molar-refractivity contribution in [3.8, 4) is 0 Å². The van der Waals surface area contributed by atoms with Gasteiger partial charge in [0.15, 0.2) is 0 Å². The first-order chi connectivity index (χ1) is 13.7. The van der Waals surface area contributed by atoms with Crippen molar-refractivity contribution in [2.45, 2.75) is 136 Å². The fraction of sp³-hybridized carbons (Fsp3) is 0.852. The molecule has 0 aromatic carbocycles. The van der Waals surface area contributed by atoms with Crippen molar-refractivity contribution in [2.24, 2.45) is 10.8 Å². The first-order valence-corrected chi connectivity index (χ1v) is 14.2. The van der Waals surface area contributed by atoms with E-state index in [9.17, 15) is 0 Å². The van der Waals surface area contributed by atoms with Crippen molar-refractivity contribution in [1.82, 2.24) is 0 Å². The topological polar surface area (TPSA) is 18.5 Å². The van der Waals surface area contributed by atoms with Crippen molar-refractivity contribution in [3.05, 3.63) is 23.8 Å². The van der Waals surface area contributed by atoms with Crippen LogP contribution in [-0.2, 0) is 8.85 Å². The van der Waals surface area contributed by atoms with Gasteiger partial charge in [0.05, 0.1) is 11.7 Å². The van der Waals surface area contributed by atoms with Crippen LogP contribution >= 0.6 is 0 Å². The van der Waals surface area contributed by atoms with E-state index >= 15 is 0 Å². The van der Waals surface area contributed by atoms with Crippen LogP contribution in [-0.4, -0.2) is 20.3 Å². The Labute approximate surface area is 188 Å². The summed E-state index contributed by atoms with van der Waals surface area (Å²) in [6.45, 7) is 23.8. The zero-order valence-electron chi connectivity index (χ0n) is 21.6. The summed E-state index contributed by atoms with van der Waals surface area (Å²) in [7, 11) is -2.60. The van der Waals surface area contributed by atoms with E-state index in [-0.39, 0.29) is 32.6 Å². The standard InChI is InChI=1S/C27H48O2Si/c1-11-12-20-27-22(28-30(29-27,23(2,3)4)24(5,6)7)21-16-13-14-18-26(21,10)19-15-17-25(27,8)9/h15-16,19,22H,11-14,17-18,20H2,1-10H3/b19-15-/t22-,26-,27+/m1/s1. The van der Waals surface area contributed by atoms with Crippen molar-refractivity contribution in [1.29, 1.82) is 0 Å².